The third-order valence-electron chi connectivity index (χ3n) is 2.22. The molecule has 2 amide bonds. The first kappa shape index (κ1) is 15.4. The zero-order valence-corrected chi connectivity index (χ0v) is 10.9. The van der Waals surface area contributed by atoms with Gasteiger partial charge < -0.3 is 15.4 Å². The summed E-state index contributed by atoms with van der Waals surface area (Å²) in [5.74, 6) is -1.27. The van der Waals surface area contributed by atoms with Crippen LogP contribution in [0.5, 0.6) is 0 Å². The second-order valence-corrected chi connectivity index (χ2v) is 4.18. The molecule has 0 saturated heterocycles. The summed E-state index contributed by atoms with van der Waals surface area (Å²) >= 11 is 0. The maximum absolute atomic E-state index is 11.8. The van der Waals surface area contributed by atoms with E-state index in [4.69, 9.17) is 0 Å². The number of methoxy groups -OCH3 is 1. The molecule has 0 aromatic heterocycles. The Kier molecular flexibility index (Phi) is 6.23. The van der Waals surface area contributed by atoms with Crippen LogP contribution in [0.2, 0.25) is 0 Å². The molecule has 0 fully saturated rings. The molecule has 0 heterocycles. The third kappa shape index (κ3) is 5.33. The number of ether oxygens (including phenoxy) is 1. The van der Waals surface area contributed by atoms with Crippen LogP contribution in [0.15, 0.2) is 0 Å². The molecule has 0 aliphatic heterocycles. The molecule has 0 saturated carbocycles. The van der Waals surface area contributed by atoms with Gasteiger partial charge in [0.25, 0.3) is 0 Å². The molecule has 6 heteroatoms. The lowest BCUT2D eigenvalue weighted by atomic mass is 10.0. The number of carbonyl (C=O) groups excluding carboxylic acids is 3. The number of nitrogens with one attached hydrogen (secondary N) is 2. The van der Waals surface area contributed by atoms with Crippen molar-refractivity contribution < 1.29 is 19.1 Å². The number of hydrogen-bond donors (Lipinski definition) is 2. The normalized spacial score (nSPS) is 13.8. The molecule has 0 aliphatic rings. The van der Waals surface area contributed by atoms with Gasteiger partial charge in [0.2, 0.25) is 11.8 Å². The van der Waals surface area contributed by atoms with Gasteiger partial charge in [-0.1, -0.05) is 13.8 Å². The third-order valence-corrected chi connectivity index (χ3v) is 2.22. The van der Waals surface area contributed by atoms with Crippen LogP contribution in [0, 0.1) is 5.92 Å². The Labute approximate surface area is 101 Å². The number of carbonyl (C=O) groups is 3. The Bertz CT molecular complexity index is 302. The SMILES string of the molecule is COC(=O)[C@H](C)NC(=O)[C@@H](NC(C)=O)C(C)C. The fraction of sp³-hybridized carbons (Fsp3) is 0.727. The van der Waals surface area contributed by atoms with E-state index in [1.165, 1.54) is 21.0 Å². The highest BCUT2D eigenvalue weighted by atomic mass is 16.5. The zero-order valence-electron chi connectivity index (χ0n) is 10.9. The van der Waals surface area contributed by atoms with Gasteiger partial charge in [0, 0.05) is 6.92 Å². The van der Waals surface area contributed by atoms with Crippen LogP contribution in [0.1, 0.15) is 27.7 Å². The van der Waals surface area contributed by atoms with Gasteiger partial charge in [-0.2, -0.15) is 0 Å². The lowest BCUT2D eigenvalue weighted by Gasteiger charge is -2.22. The van der Waals surface area contributed by atoms with Crippen molar-refractivity contribution in [2.75, 3.05) is 7.11 Å². The van der Waals surface area contributed by atoms with Crippen LogP contribution in [0.25, 0.3) is 0 Å². The summed E-state index contributed by atoms with van der Waals surface area (Å²) in [6.07, 6.45) is 0. The van der Waals surface area contributed by atoms with E-state index in [2.05, 4.69) is 15.4 Å². The van der Waals surface area contributed by atoms with Crippen molar-refractivity contribution in [1.82, 2.24) is 10.6 Å². The lowest BCUT2D eigenvalue weighted by molar-refractivity contribution is -0.145. The predicted octanol–water partition coefficient (Wildman–Crippen LogP) is -0.175. The molecule has 0 bridgehead atoms. The maximum atomic E-state index is 11.8. The number of amides is 2. The molecule has 0 unspecified atom stereocenters. The van der Waals surface area contributed by atoms with Crippen molar-refractivity contribution in [3.8, 4) is 0 Å². The highest BCUT2D eigenvalue weighted by Gasteiger charge is 2.26. The average Bonchev–Trinajstić information content (AvgIpc) is 2.23. The van der Waals surface area contributed by atoms with Gasteiger partial charge in [0.15, 0.2) is 0 Å². The topological polar surface area (TPSA) is 84.5 Å². The van der Waals surface area contributed by atoms with E-state index in [1.807, 2.05) is 13.8 Å². The number of rotatable bonds is 5. The predicted molar refractivity (Wildman–Crippen MR) is 62.1 cm³/mol. The smallest absolute Gasteiger partial charge is 0.328 e. The lowest BCUT2D eigenvalue weighted by Crippen LogP contribution is -2.52. The highest BCUT2D eigenvalue weighted by Crippen LogP contribution is 2.02. The minimum Gasteiger partial charge on any atom is -0.467 e. The van der Waals surface area contributed by atoms with Gasteiger partial charge in [0.1, 0.15) is 12.1 Å². The minimum atomic E-state index is -0.734. The second-order valence-electron chi connectivity index (χ2n) is 4.18. The Hall–Kier alpha value is -1.59. The first-order valence-corrected chi connectivity index (χ1v) is 5.44. The highest BCUT2D eigenvalue weighted by molar-refractivity contribution is 5.90. The molecule has 17 heavy (non-hydrogen) atoms. The quantitative estimate of drug-likeness (QED) is 0.657. The van der Waals surface area contributed by atoms with Crippen LogP contribution in [0.3, 0.4) is 0 Å². The summed E-state index contributed by atoms with van der Waals surface area (Å²) in [5, 5.41) is 5.03. The van der Waals surface area contributed by atoms with E-state index in [0.29, 0.717) is 0 Å². The molecule has 98 valence electrons. The second kappa shape index (κ2) is 6.88. The Morgan fingerprint density at radius 3 is 1.94 bits per heavy atom. The summed E-state index contributed by atoms with van der Waals surface area (Å²) in [6.45, 7) is 6.48. The first-order chi connectivity index (χ1) is 7.79. The molecule has 0 spiro atoms. The van der Waals surface area contributed by atoms with Crippen LogP contribution >= 0.6 is 0 Å². The Morgan fingerprint density at radius 1 is 1.06 bits per heavy atom. The van der Waals surface area contributed by atoms with Gasteiger partial charge in [-0.15, -0.1) is 0 Å². The molecule has 6 nitrogen and oxygen atoms in total. The summed E-state index contributed by atoms with van der Waals surface area (Å²) < 4.78 is 4.49. The van der Waals surface area contributed by atoms with E-state index in [0.717, 1.165) is 0 Å². The molecule has 0 radical (unpaired) electrons. The summed E-state index contributed by atoms with van der Waals surface area (Å²) in [7, 11) is 1.25. The Morgan fingerprint density at radius 2 is 1.59 bits per heavy atom. The average molecular weight is 244 g/mol. The standard InChI is InChI=1S/C11H20N2O4/c1-6(2)9(13-8(4)14)10(15)12-7(3)11(16)17-5/h6-7,9H,1-5H3,(H,12,15)(H,13,14)/t7-,9-/m0/s1. The molecule has 0 rings (SSSR count). The van der Waals surface area contributed by atoms with Crippen LogP contribution in [-0.4, -0.2) is 37.0 Å². The van der Waals surface area contributed by atoms with Crippen LogP contribution < -0.4 is 10.6 Å². The summed E-state index contributed by atoms with van der Waals surface area (Å²) in [5.41, 5.74) is 0. The fourth-order valence-electron chi connectivity index (χ4n) is 1.29. The van der Waals surface area contributed by atoms with Crippen molar-refractivity contribution >= 4 is 17.8 Å². The van der Waals surface area contributed by atoms with Crippen molar-refractivity contribution in [3.05, 3.63) is 0 Å². The molecule has 2 atom stereocenters. The maximum Gasteiger partial charge on any atom is 0.328 e. The molecular weight excluding hydrogens is 224 g/mol. The monoisotopic (exact) mass is 244 g/mol. The minimum absolute atomic E-state index is 0.0660. The summed E-state index contributed by atoms with van der Waals surface area (Å²) in [6, 6.07) is -1.39. The van der Waals surface area contributed by atoms with E-state index in [1.54, 1.807) is 0 Å². The molecule has 2 N–H and O–H groups in total. The molecular formula is C11H20N2O4. The van der Waals surface area contributed by atoms with E-state index >= 15 is 0 Å². The molecule has 0 aromatic carbocycles. The van der Waals surface area contributed by atoms with Crippen molar-refractivity contribution in [2.24, 2.45) is 5.92 Å². The number of hydrogen-bond acceptors (Lipinski definition) is 4. The molecule has 0 aromatic rings. The van der Waals surface area contributed by atoms with Crippen molar-refractivity contribution in [2.45, 2.75) is 39.8 Å². The van der Waals surface area contributed by atoms with Gasteiger partial charge in [-0.3, -0.25) is 9.59 Å². The largest absolute Gasteiger partial charge is 0.467 e. The van der Waals surface area contributed by atoms with Gasteiger partial charge in [0.05, 0.1) is 7.11 Å². The van der Waals surface area contributed by atoms with Crippen LogP contribution in [0.4, 0.5) is 0 Å². The first-order valence-electron chi connectivity index (χ1n) is 5.44. The van der Waals surface area contributed by atoms with Crippen molar-refractivity contribution in [3.63, 3.8) is 0 Å². The Balaban J connectivity index is 4.53. The van der Waals surface area contributed by atoms with E-state index < -0.39 is 24.0 Å². The van der Waals surface area contributed by atoms with Gasteiger partial charge in [-0.05, 0) is 12.8 Å². The van der Waals surface area contributed by atoms with E-state index in [9.17, 15) is 14.4 Å². The number of esters is 1. The fourth-order valence-corrected chi connectivity index (χ4v) is 1.29. The van der Waals surface area contributed by atoms with Gasteiger partial charge in [-0.25, -0.2) is 4.79 Å². The summed E-state index contributed by atoms with van der Waals surface area (Å²) in [4.78, 5) is 33.9. The molecule has 0 aliphatic carbocycles. The zero-order chi connectivity index (χ0) is 13.6. The van der Waals surface area contributed by atoms with Crippen LogP contribution in [-0.2, 0) is 19.1 Å². The van der Waals surface area contributed by atoms with Gasteiger partial charge >= 0.3 is 5.97 Å². The van der Waals surface area contributed by atoms with E-state index in [-0.39, 0.29) is 11.8 Å². The van der Waals surface area contributed by atoms with Crippen molar-refractivity contribution in [1.29, 1.82) is 0 Å².